The first kappa shape index (κ1) is 16.7. The molecule has 0 aliphatic heterocycles. The highest BCUT2D eigenvalue weighted by Gasteiger charge is 2.44. The number of amides is 1. The number of carbonyl (C=O) groups is 2. The number of hydrogen-bond donors (Lipinski definition) is 1. The number of aliphatic carboxylic acids is 1. The van der Waals surface area contributed by atoms with E-state index in [-0.39, 0.29) is 17.7 Å². The fourth-order valence-corrected chi connectivity index (χ4v) is 4.46. The number of hydrogen-bond acceptors (Lipinski definition) is 3. The Morgan fingerprint density at radius 3 is 2.38 bits per heavy atom. The maximum atomic E-state index is 12.2. The Labute approximate surface area is 131 Å². The molecule has 0 spiro atoms. The van der Waals surface area contributed by atoms with Crippen LogP contribution in [0.1, 0.15) is 51.9 Å². The monoisotopic (exact) mass is 313 g/mol. The Morgan fingerprint density at radius 1 is 1.24 bits per heavy atom. The number of carboxylic acid groups (broad SMARTS) is 1. The first-order chi connectivity index (χ1) is 9.92. The van der Waals surface area contributed by atoms with Crippen LogP contribution in [-0.2, 0) is 9.59 Å². The van der Waals surface area contributed by atoms with Gasteiger partial charge in [-0.25, -0.2) is 0 Å². The fraction of sp³-hybridized carbons (Fsp3) is 0.875. The zero-order valence-corrected chi connectivity index (χ0v) is 14.0. The van der Waals surface area contributed by atoms with Crippen LogP contribution in [0, 0.1) is 11.3 Å². The van der Waals surface area contributed by atoms with E-state index < -0.39 is 5.97 Å². The zero-order valence-electron chi connectivity index (χ0n) is 13.1. The first-order valence-electron chi connectivity index (χ1n) is 7.97. The van der Waals surface area contributed by atoms with Gasteiger partial charge in [0.05, 0.1) is 12.2 Å². The first-order valence-corrected chi connectivity index (χ1v) is 9.12. The summed E-state index contributed by atoms with van der Waals surface area (Å²) in [6.07, 6.45) is 6.93. The number of carboxylic acids is 1. The molecule has 0 atom stereocenters. The van der Waals surface area contributed by atoms with Crippen LogP contribution < -0.4 is 0 Å². The summed E-state index contributed by atoms with van der Waals surface area (Å²) in [7, 11) is 1.92. The second-order valence-corrected chi connectivity index (χ2v) is 7.97. The van der Waals surface area contributed by atoms with E-state index in [0.29, 0.717) is 11.8 Å². The SMILES string of the molecule is CC1CCC(N(C)C(=O)CSCC2(CC(=O)O)CC2)CC1. The predicted octanol–water partition coefficient (Wildman–Crippen LogP) is 3.01. The molecule has 120 valence electrons. The molecule has 2 rings (SSSR count). The van der Waals surface area contributed by atoms with Crippen molar-refractivity contribution in [2.24, 2.45) is 11.3 Å². The predicted molar refractivity (Wildman–Crippen MR) is 85.4 cm³/mol. The van der Waals surface area contributed by atoms with Gasteiger partial charge in [-0.1, -0.05) is 6.92 Å². The molecule has 21 heavy (non-hydrogen) atoms. The lowest BCUT2D eigenvalue weighted by Crippen LogP contribution is -2.40. The van der Waals surface area contributed by atoms with Gasteiger partial charge in [0.25, 0.3) is 0 Å². The van der Waals surface area contributed by atoms with Gasteiger partial charge in [0, 0.05) is 13.1 Å². The Kier molecular flexibility index (Phi) is 5.58. The quantitative estimate of drug-likeness (QED) is 0.785. The molecule has 2 saturated carbocycles. The van der Waals surface area contributed by atoms with E-state index in [2.05, 4.69) is 6.92 Å². The van der Waals surface area contributed by atoms with E-state index in [1.807, 2.05) is 11.9 Å². The molecule has 1 N–H and O–H groups in total. The van der Waals surface area contributed by atoms with Crippen LogP contribution in [0.2, 0.25) is 0 Å². The number of nitrogens with zero attached hydrogens (tertiary/aromatic N) is 1. The highest BCUT2D eigenvalue weighted by Crippen LogP contribution is 2.51. The Hall–Kier alpha value is -0.710. The van der Waals surface area contributed by atoms with Crippen LogP contribution in [0.25, 0.3) is 0 Å². The highest BCUT2D eigenvalue weighted by molar-refractivity contribution is 7.99. The van der Waals surface area contributed by atoms with Gasteiger partial charge in [-0.3, -0.25) is 9.59 Å². The van der Waals surface area contributed by atoms with Gasteiger partial charge in [0.15, 0.2) is 0 Å². The van der Waals surface area contributed by atoms with Crippen molar-refractivity contribution in [3.05, 3.63) is 0 Å². The van der Waals surface area contributed by atoms with E-state index in [4.69, 9.17) is 5.11 Å². The smallest absolute Gasteiger partial charge is 0.303 e. The van der Waals surface area contributed by atoms with Gasteiger partial charge < -0.3 is 10.0 Å². The average molecular weight is 313 g/mol. The van der Waals surface area contributed by atoms with E-state index in [1.165, 1.54) is 12.8 Å². The summed E-state index contributed by atoms with van der Waals surface area (Å²) >= 11 is 1.61. The summed E-state index contributed by atoms with van der Waals surface area (Å²) in [6.45, 7) is 2.28. The number of thioether (sulfide) groups is 1. The standard InChI is InChI=1S/C16H27NO3S/c1-12-3-5-13(6-4-12)17(2)14(18)10-21-11-16(7-8-16)9-15(19)20/h12-13H,3-11H2,1-2H3,(H,19,20). The second-order valence-electron chi connectivity index (χ2n) is 6.98. The van der Waals surface area contributed by atoms with Crippen molar-refractivity contribution < 1.29 is 14.7 Å². The number of rotatable bonds is 7. The van der Waals surface area contributed by atoms with Gasteiger partial charge in [0.1, 0.15) is 0 Å². The van der Waals surface area contributed by atoms with Crippen molar-refractivity contribution in [2.75, 3.05) is 18.6 Å². The third kappa shape index (κ3) is 4.90. The molecule has 5 heteroatoms. The normalized spacial score (nSPS) is 27.1. The molecule has 0 aromatic carbocycles. The third-order valence-electron chi connectivity index (χ3n) is 5.04. The van der Waals surface area contributed by atoms with E-state index in [0.717, 1.165) is 37.4 Å². The molecule has 0 bridgehead atoms. The van der Waals surface area contributed by atoms with Crippen LogP contribution >= 0.6 is 11.8 Å². The van der Waals surface area contributed by atoms with Crippen molar-refractivity contribution in [3.63, 3.8) is 0 Å². The minimum atomic E-state index is -0.715. The maximum Gasteiger partial charge on any atom is 0.303 e. The molecule has 1 amide bonds. The minimum Gasteiger partial charge on any atom is -0.481 e. The van der Waals surface area contributed by atoms with Gasteiger partial charge in [-0.2, -0.15) is 11.8 Å². The molecule has 2 aliphatic rings. The molecular weight excluding hydrogens is 286 g/mol. The van der Waals surface area contributed by atoms with Crippen molar-refractivity contribution in [1.29, 1.82) is 0 Å². The van der Waals surface area contributed by atoms with E-state index in [9.17, 15) is 9.59 Å². The van der Waals surface area contributed by atoms with E-state index >= 15 is 0 Å². The van der Waals surface area contributed by atoms with E-state index in [1.54, 1.807) is 11.8 Å². The summed E-state index contributed by atoms with van der Waals surface area (Å²) in [5, 5.41) is 8.89. The van der Waals surface area contributed by atoms with Crippen LogP contribution in [0.5, 0.6) is 0 Å². The van der Waals surface area contributed by atoms with Crippen LogP contribution in [0.4, 0.5) is 0 Å². The lowest BCUT2D eigenvalue weighted by Gasteiger charge is -2.33. The van der Waals surface area contributed by atoms with Gasteiger partial charge >= 0.3 is 5.97 Å². The molecule has 0 unspecified atom stereocenters. The lowest BCUT2D eigenvalue weighted by atomic mass is 9.87. The topological polar surface area (TPSA) is 57.6 Å². The van der Waals surface area contributed by atoms with Crippen molar-refractivity contribution in [1.82, 2.24) is 4.90 Å². The highest BCUT2D eigenvalue weighted by atomic mass is 32.2. The molecular formula is C16H27NO3S. The Morgan fingerprint density at radius 2 is 1.86 bits per heavy atom. The van der Waals surface area contributed by atoms with Gasteiger partial charge in [-0.05, 0) is 55.6 Å². The Balaban J connectivity index is 1.68. The van der Waals surface area contributed by atoms with Crippen LogP contribution in [0.3, 0.4) is 0 Å². The molecule has 2 aliphatic carbocycles. The van der Waals surface area contributed by atoms with Crippen molar-refractivity contribution >= 4 is 23.6 Å². The number of carbonyl (C=O) groups excluding carboxylic acids is 1. The summed E-state index contributed by atoms with van der Waals surface area (Å²) in [5.74, 6) is 1.58. The molecule has 0 aromatic rings. The molecule has 2 fully saturated rings. The summed E-state index contributed by atoms with van der Waals surface area (Å²) in [6, 6.07) is 0.406. The summed E-state index contributed by atoms with van der Waals surface area (Å²) in [5.41, 5.74) is -0.0182. The average Bonchev–Trinajstić information content (AvgIpc) is 3.17. The van der Waals surface area contributed by atoms with Crippen molar-refractivity contribution in [2.45, 2.75) is 57.9 Å². The molecule has 0 radical (unpaired) electrons. The van der Waals surface area contributed by atoms with Gasteiger partial charge in [0.2, 0.25) is 5.91 Å². The summed E-state index contributed by atoms with van der Waals surface area (Å²) < 4.78 is 0. The second kappa shape index (κ2) is 7.03. The molecule has 0 aromatic heterocycles. The lowest BCUT2D eigenvalue weighted by molar-refractivity contribution is -0.138. The molecule has 4 nitrogen and oxygen atoms in total. The molecule has 0 heterocycles. The third-order valence-corrected chi connectivity index (χ3v) is 6.31. The zero-order chi connectivity index (χ0) is 15.5. The minimum absolute atomic E-state index is 0.0182. The Bertz CT molecular complexity index is 387. The summed E-state index contributed by atoms with van der Waals surface area (Å²) in [4.78, 5) is 25.0. The largest absolute Gasteiger partial charge is 0.481 e. The van der Waals surface area contributed by atoms with Crippen LogP contribution in [0.15, 0.2) is 0 Å². The maximum absolute atomic E-state index is 12.2. The van der Waals surface area contributed by atoms with Crippen LogP contribution in [-0.4, -0.2) is 46.5 Å². The fourth-order valence-electron chi connectivity index (χ4n) is 3.16. The molecule has 0 saturated heterocycles. The van der Waals surface area contributed by atoms with Crippen molar-refractivity contribution in [3.8, 4) is 0 Å². The van der Waals surface area contributed by atoms with Gasteiger partial charge in [-0.15, -0.1) is 0 Å².